The van der Waals surface area contributed by atoms with E-state index in [0.29, 0.717) is 6.54 Å². The van der Waals surface area contributed by atoms with Gasteiger partial charge in [0, 0.05) is 37.5 Å². The second-order valence-corrected chi connectivity index (χ2v) is 5.32. The molecule has 0 spiro atoms. The molecular formula is C16H17N3O2. The Bertz CT molecular complexity index is 698. The zero-order valence-electron chi connectivity index (χ0n) is 11.8. The van der Waals surface area contributed by atoms with E-state index < -0.39 is 0 Å². The van der Waals surface area contributed by atoms with Crippen molar-refractivity contribution in [2.75, 3.05) is 5.32 Å². The van der Waals surface area contributed by atoms with Crippen molar-refractivity contribution < 1.29 is 4.92 Å². The minimum absolute atomic E-state index is 0.127. The van der Waals surface area contributed by atoms with E-state index in [0.717, 1.165) is 24.3 Å². The molecule has 0 amide bonds. The number of nitrogens with zero attached hydrogens (tertiary/aromatic N) is 1. The van der Waals surface area contributed by atoms with Crippen LogP contribution in [0.4, 0.5) is 11.4 Å². The Morgan fingerprint density at radius 1 is 1.19 bits per heavy atom. The average molecular weight is 283 g/mol. The Hall–Kier alpha value is -2.40. The second-order valence-electron chi connectivity index (χ2n) is 5.32. The fraction of sp³-hybridized carbons (Fsp3) is 0.250. The normalized spacial score (nSPS) is 13.0. The molecule has 2 N–H and O–H groups in total. The summed E-state index contributed by atoms with van der Waals surface area (Å²) >= 11 is 0. The molecular weight excluding hydrogens is 266 g/mol. The van der Waals surface area contributed by atoms with Crippen LogP contribution in [-0.2, 0) is 19.6 Å². The van der Waals surface area contributed by atoms with E-state index in [1.807, 2.05) is 6.92 Å². The number of hydrogen-bond donors (Lipinski definition) is 2. The average Bonchev–Trinajstić information content (AvgIpc) is 2.93. The maximum atomic E-state index is 10.7. The van der Waals surface area contributed by atoms with Crippen LogP contribution in [0, 0.1) is 17.0 Å². The van der Waals surface area contributed by atoms with Gasteiger partial charge in [0.1, 0.15) is 0 Å². The third-order valence-corrected chi connectivity index (χ3v) is 3.81. The molecule has 0 aliphatic carbocycles. The lowest BCUT2D eigenvalue weighted by Crippen LogP contribution is -2.02. The molecule has 0 saturated carbocycles. The molecule has 1 aliphatic rings. The quantitative estimate of drug-likeness (QED) is 0.668. The van der Waals surface area contributed by atoms with Crippen LogP contribution >= 0.6 is 0 Å². The molecule has 2 aromatic rings. The standard InChI is InChI=1S/C16H17N3O2/c1-11-6-15(19(20)21)4-5-16(11)18-8-12-2-3-13-9-17-10-14(13)7-12/h2-7,17-18H,8-10H2,1H3. The van der Waals surface area contributed by atoms with Crippen LogP contribution in [0.25, 0.3) is 0 Å². The summed E-state index contributed by atoms with van der Waals surface area (Å²) in [6.07, 6.45) is 0. The van der Waals surface area contributed by atoms with E-state index in [4.69, 9.17) is 0 Å². The highest BCUT2D eigenvalue weighted by Gasteiger charge is 2.11. The highest BCUT2D eigenvalue weighted by molar-refractivity contribution is 5.55. The van der Waals surface area contributed by atoms with Crippen LogP contribution in [-0.4, -0.2) is 4.92 Å². The van der Waals surface area contributed by atoms with Gasteiger partial charge in [0.05, 0.1) is 4.92 Å². The Labute approximate surface area is 123 Å². The van der Waals surface area contributed by atoms with E-state index in [-0.39, 0.29) is 10.6 Å². The maximum Gasteiger partial charge on any atom is 0.269 e. The monoisotopic (exact) mass is 283 g/mol. The van der Waals surface area contributed by atoms with Crippen molar-refractivity contribution in [1.29, 1.82) is 0 Å². The maximum absolute atomic E-state index is 10.7. The van der Waals surface area contributed by atoms with Crippen molar-refractivity contribution in [2.24, 2.45) is 0 Å². The van der Waals surface area contributed by atoms with Crippen LogP contribution in [0.5, 0.6) is 0 Å². The number of benzene rings is 2. The van der Waals surface area contributed by atoms with Crippen molar-refractivity contribution in [3.8, 4) is 0 Å². The summed E-state index contributed by atoms with van der Waals surface area (Å²) < 4.78 is 0. The van der Waals surface area contributed by atoms with Gasteiger partial charge in [0.15, 0.2) is 0 Å². The number of nitro benzene ring substituents is 1. The highest BCUT2D eigenvalue weighted by atomic mass is 16.6. The number of fused-ring (bicyclic) bond motifs is 1. The number of nitro groups is 1. The van der Waals surface area contributed by atoms with Gasteiger partial charge in [-0.25, -0.2) is 0 Å². The summed E-state index contributed by atoms with van der Waals surface area (Å²) in [5.41, 5.74) is 5.88. The Morgan fingerprint density at radius 3 is 2.76 bits per heavy atom. The van der Waals surface area contributed by atoms with Crippen LogP contribution in [0.2, 0.25) is 0 Å². The first-order valence-electron chi connectivity index (χ1n) is 6.94. The van der Waals surface area contributed by atoms with Crippen molar-refractivity contribution in [1.82, 2.24) is 5.32 Å². The van der Waals surface area contributed by atoms with Gasteiger partial charge in [-0.15, -0.1) is 0 Å². The lowest BCUT2D eigenvalue weighted by atomic mass is 10.1. The zero-order valence-corrected chi connectivity index (χ0v) is 11.8. The van der Waals surface area contributed by atoms with E-state index in [1.54, 1.807) is 12.1 Å². The Morgan fingerprint density at radius 2 is 2.00 bits per heavy atom. The van der Waals surface area contributed by atoms with Gasteiger partial charge in [0.2, 0.25) is 0 Å². The van der Waals surface area contributed by atoms with Crippen molar-refractivity contribution in [2.45, 2.75) is 26.6 Å². The van der Waals surface area contributed by atoms with Crippen LogP contribution in [0.1, 0.15) is 22.3 Å². The molecule has 2 aromatic carbocycles. The first kappa shape index (κ1) is 13.6. The first-order chi connectivity index (χ1) is 10.1. The predicted octanol–water partition coefficient (Wildman–Crippen LogP) is 3.12. The van der Waals surface area contributed by atoms with Gasteiger partial charge >= 0.3 is 0 Å². The molecule has 1 heterocycles. The van der Waals surface area contributed by atoms with Crippen molar-refractivity contribution in [3.63, 3.8) is 0 Å². The minimum atomic E-state index is -0.371. The molecule has 0 radical (unpaired) electrons. The smallest absolute Gasteiger partial charge is 0.269 e. The number of rotatable bonds is 4. The third kappa shape index (κ3) is 2.87. The molecule has 21 heavy (non-hydrogen) atoms. The number of nitrogens with one attached hydrogen (secondary N) is 2. The molecule has 1 aliphatic heterocycles. The molecule has 108 valence electrons. The summed E-state index contributed by atoms with van der Waals surface area (Å²) in [6, 6.07) is 11.4. The number of hydrogen-bond acceptors (Lipinski definition) is 4. The molecule has 0 fully saturated rings. The molecule has 0 bridgehead atoms. The molecule has 0 unspecified atom stereocenters. The largest absolute Gasteiger partial charge is 0.381 e. The van der Waals surface area contributed by atoms with E-state index >= 15 is 0 Å². The summed E-state index contributed by atoms with van der Waals surface area (Å²) in [4.78, 5) is 10.4. The van der Waals surface area contributed by atoms with Crippen LogP contribution in [0.3, 0.4) is 0 Å². The van der Waals surface area contributed by atoms with Gasteiger partial charge in [-0.1, -0.05) is 18.2 Å². The summed E-state index contributed by atoms with van der Waals surface area (Å²) in [5.74, 6) is 0. The van der Waals surface area contributed by atoms with Gasteiger partial charge in [-0.3, -0.25) is 10.1 Å². The molecule has 0 aromatic heterocycles. The van der Waals surface area contributed by atoms with Crippen LogP contribution < -0.4 is 10.6 Å². The second kappa shape index (κ2) is 5.54. The Balaban J connectivity index is 1.71. The number of anilines is 1. The zero-order chi connectivity index (χ0) is 14.8. The van der Waals surface area contributed by atoms with E-state index in [9.17, 15) is 10.1 Å². The van der Waals surface area contributed by atoms with Gasteiger partial charge in [-0.2, -0.15) is 0 Å². The van der Waals surface area contributed by atoms with Gasteiger partial charge in [-0.05, 0) is 35.2 Å². The van der Waals surface area contributed by atoms with E-state index in [1.165, 1.54) is 22.8 Å². The Kier molecular flexibility index (Phi) is 3.58. The lowest BCUT2D eigenvalue weighted by Gasteiger charge is -2.10. The van der Waals surface area contributed by atoms with Crippen LogP contribution in [0.15, 0.2) is 36.4 Å². The lowest BCUT2D eigenvalue weighted by molar-refractivity contribution is -0.384. The fourth-order valence-corrected chi connectivity index (χ4v) is 2.62. The minimum Gasteiger partial charge on any atom is -0.381 e. The predicted molar refractivity (Wildman–Crippen MR) is 82.1 cm³/mol. The number of aryl methyl sites for hydroxylation is 1. The number of non-ortho nitro benzene ring substituents is 1. The fourth-order valence-electron chi connectivity index (χ4n) is 2.62. The van der Waals surface area contributed by atoms with Gasteiger partial charge in [0.25, 0.3) is 5.69 Å². The van der Waals surface area contributed by atoms with E-state index in [2.05, 4.69) is 28.8 Å². The summed E-state index contributed by atoms with van der Waals surface area (Å²) in [5, 5.41) is 17.4. The first-order valence-corrected chi connectivity index (χ1v) is 6.94. The molecule has 5 nitrogen and oxygen atoms in total. The molecule has 3 rings (SSSR count). The molecule has 0 atom stereocenters. The third-order valence-electron chi connectivity index (χ3n) is 3.81. The molecule has 0 saturated heterocycles. The highest BCUT2D eigenvalue weighted by Crippen LogP contribution is 2.22. The molecule has 5 heteroatoms. The summed E-state index contributed by atoms with van der Waals surface area (Å²) in [7, 11) is 0. The van der Waals surface area contributed by atoms with Crippen molar-refractivity contribution >= 4 is 11.4 Å². The topological polar surface area (TPSA) is 67.2 Å². The van der Waals surface area contributed by atoms with Gasteiger partial charge < -0.3 is 10.6 Å². The summed E-state index contributed by atoms with van der Waals surface area (Å²) in [6.45, 7) is 4.47. The van der Waals surface area contributed by atoms with Crippen molar-refractivity contribution in [3.05, 3.63) is 68.8 Å². The SMILES string of the molecule is Cc1cc([N+](=O)[O-])ccc1NCc1ccc2c(c1)CNC2.